The molecule has 2 rings (SSSR count). The first-order chi connectivity index (χ1) is 11.2. The molecule has 0 aliphatic carbocycles. The van der Waals surface area contributed by atoms with Gasteiger partial charge in [0.05, 0.1) is 17.7 Å². The van der Waals surface area contributed by atoms with Crippen molar-refractivity contribution < 1.29 is 14.3 Å². The third-order valence-electron chi connectivity index (χ3n) is 3.74. The number of carbonyl (C=O) groups excluding carboxylic acids is 1. The van der Waals surface area contributed by atoms with Gasteiger partial charge in [-0.15, -0.1) is 0 Å². The van der Waals surface area contributed by atoms with Crippen molar-refractivity contribution in [3.05, 3.63) is 35.9 Å². The highest BCUT2D eigenvalue weighted by atomic mass is 16.5. The van der Waals surface area contributed by atoms with E-state index in [1.54, 1.807) is 6.07 Å². The molecule has 0 atom stereocenters. The first-order valence-corrected chi connectivity index (χ1v) is 8.11. The van der Waals surface area contributed by atoms with Crippen LogP contribution < -0.4 is 4.74 Å². The summed E-state index contributed by atoms with van der Waals surface area (Å²) in [4.78, 5) is 19.1. The minimum absolute atomic E-state index is 0.336. The van der Waals surface area contributed by atoms with Crippen molar-refractivity contribution in [2.45, 2.75) is 20.8 Å². The maximum Gasteiger partial charge on any atom is 0.339 e. The fourth-order valence-electron chi connectivity index (χ4n) is 2.43. The topological polar surface area (TPSA) is 51.7 Å². The summed E-state index contributed by atoms with van der Waals surface area (Å²) in [5.74, 6) is 0.110. The molecular weight excluding hydrogens is 292 g/mol. The lowest BCUT2D eigenvalue weighted by Gasteiger charge is -2.17. The van der Waals surface area contributed by atoms with Gasteiger partial charge < -0.3 is 14.4 Å². The number of rotatable bonds is 8. The summed E-state index contributed by atoms with van der Waals surface area (Å²) in [6.45, 7) is 9.58. The van der Waals surface area contributed by atoms with Crippen molar-refractivity contribution in [3.63, 3.8) is 0 Å². The summed E-state index contributed by atoms with van der Waals surface area (Å²) >= 11 is 0. The van der Waals surface area contributed by atoms with Gasteiger partial charge in [0.15, 0.2) is 0 Å². The molecule has 1 aromatic heterocycles. The summed E-state index contributed by atoms with van der Waals surface area (Å²) in [6, 6.07) is 9.17. The van der Waals surface area contributed by atoms with Crippen molar-refractivity contribution in [3.8, 4) is 5.88 Å². The van der Waals surface area contributed by atoms with Crippen molar-refractivity contribution >= 4 is 16.9 Å². The van der Waals surface area contributed by atoms with E-state index in [0.717, 1.165) is 30.5 Å². The number of esters is 1. The Morgan fingerprint density at radius 1 is 1.17 bits per heavy atom. The molecular formula is C18H24N2O3. The molecule has 1 aromatic carbocycles. The molecule has 5 nitrogen and oxygen atoms in total. The smallest absolute Gasteiger partial charge is 0.339 e. The van der Waals surface area contributed by atoms with Gasteiger partial charge in [0.2, 0.25) is 5.88 Å². The second-order valence-electron chi connectivity index (χ2n) is 5.12. The van der Waals surface area contributed by atoms with Gasteiger partial charge in [-0.3, -0.25) is 0 Å². The lowest BCUT2D eigenvalue weighted by Crippen LogP contribution is -2.28. The number of pyridine rings is 1. The number of aromatic nitrogens is 1. The Morgan fingerprint density at radius 2 is 1.91 bits per heavy atom. The van der Waals surface area contributed by atoms with Gasteiger partial charge >= 0.3 is 5.97 Å². The molecule has 0 aliphatic heterocycles. The quantitative estimate of drug-likeness (QED) is 0.700. The number of nitrogens with zero attached hydrogens (tertiary/aromatic N) is 2. The van der Waals surface area contributed by atoms with Crippen LogP contribution in [0.4, 0.5) is 0 Å². The molecule has 0 saturated heterocycles. The van der Waals surface area contributed by atoms with Gasteiger partial charge in [0.1, 0.15) is 6.61 Å². The largest absolute Gasteiger partial charge is 0.478 e. The Labute approximate surface area is 137 Å². The number of hydrogen-bond donors (Lipinski definition) is 0. The number of fused-ring (bicyclic) bond motifs is 1. The van der Waals surface area contributed by atoms with Crippen LogP contribution in [0.1, 0.15) is 31.1 Å². The highest BCUT2D eigenvalue weighted by Gasteiger charge is 2.15. The minimum Gasteiger partial charge on any atom is -0.478 e. The normalized spacial score (nSPS) is 11.0. The molecule has 0 fully saturated rings. The molecule has 5 heteroatoms. The van der Waals surface area contributed by atoms with E-state index in [4.69, 9.17) is 9.47 Å². The number of likely N-dealkylation sites (N-methyl/N-ethyl adjacent to an activating group) is 1. The molecule has 124 valence electrons. The number of para-hydroxylation sites is 1. The molecule has 0 spiro atoms. The van der Waals surface area contributed by atoms with Crippen molar-refractivity contribution in [2.75, 3.05) is 32.8 Å². The van der Waals surface area contributed by atoms with Gasteiger partial charge in [-0.05, 0) is 26.1 Å². The first kappa shape index (κ1) is 17.2. The van der Waals surface area contributed by atoms with Crippen molar-refractivity contribution in [2.24, 2.45) is 0 Å². The predicted molar refractivity (Wildman–Crippen MR) is 91.0 cm³/mol. The predicted octanol–water partition coefficient (Wildman–Crippen LogP) is 3.13. The van der Waals surface area contributed by atoms with Crippen LogP contribution in [-0.4, -0.2) is 48.7 Å². The summed E-state index contributed by atoms with van der Waals surface area (Å²) in [5.41, 5.74) is 1.23. The molecule has 0 unspecified atom stereocenters. The lowest BCUT2D eigenvalue weighted by molar-refractivity contribution is 0.0468. The van der Waals surface area contributed by atoms with E-state index in [0.29, 0.717) is 24.7 Å². The molecule has 0 saturated carbocycles. The van der Waals surface area contributed by atoms with Crippen LogP contribution in [0.5, 0.6) is 5.88 Å². The molecule has 0 bridgehead atoms. The maximum atomic E-state index is 12.4. The summed E-state index contributed by atoms with van der Waals surface area (Å²) < 4.78 is 10.9. The summed E-state index contributed by atoms with van der Waals surface area (Å²) in [5, 5.41) is 0.781. The van der Waals surface area contributed by atoms with Crippen LogP contribution in [0.3, 0.4) is 0 Å². The van der Waals surface area contributed by atoms with Crippen LogP contribution in [0.2, 0.25) is 0 Å². The van der Waals surface area contributed by atoms with E-state index in [1.807, 2.05) is 31.2 Å². The monoisotopic (exact) mass is 316 g/mol. The van der Waals surface area contributed by atoms with Gasteiger partial charge in [-0.1, -0.05) is 32.0 Å². The zero-order valence-electron chi connectivity index (χ0n) is 14.0. The number of benzene rings is 1. The Morgan fingerprint density at radius 3 is 2.61 bits per heavy atom. The summed E-state index contributed by atoms with van der Waals surface area (Å²) in [7, 11) is 0. The Balaban J connectivity index is 2.18. The average Bonchev–Trinajstić information content (AvgIpc) is 2.58. The second-order valence-corrected chi connectivity index (χ2v) is 5.12. The standard InChI is InChI=1S/C18H24N2O3/c1-4-20(5-2)11-12-23-18(21)15-13-17(22-6-3)19-16-10-8-7-9-14(15)16/h7-10,13H,4-6,11-12H2,1-3H3. The Kier molecular flexibility index (Phi) is 6.35. The van der Waals surface area contributed by atoms with Crippen molar-refractivity contribution in [1.29, 1.82) is 0 Å². The minimum atomic E-state index is -0.336. The van der Waals surface area contributed by atoms with Gasteiger partial charge in [-0.25, -0.2) is 9.78 Å². The van der Waals surface area contributed by atoms with E-state index < -0.39 is 0 Å². The van der Waals surface area contributed by atoms with E-state index in [9.17, 15) is 4.79 Å². The molecule has 0 N–H and O–H groups in total. The van der Waals surface area contributed by atoms with Crippen LogP contribution >= 0.6 is 0 Å². The third kappa shape index (κ3) is 4.42. The fraction of sp³-hybridized carbons (Fsp3) is 0.444. The molecule has 2 aromatic rings. The molecule has 0 radical (unpaired) electrons. The second kappa shape index (κ2) is 8.48. The Hall–Kier alpha value is -2.14. The van der Waals surface area contributed by atoms with Crippen LogP contribution in [-0.2, 0) is 4.74 Å². The SMILES string of the molecule is CCOc1cc(C(=O)OCCN(CC)CC)c2ccccc2n1. The fourth-order valence-corrected chi connectivity index (χ4v) is 2.43. The van der Waals surface area contributed by atoms with Crippen LogP contribution in [0, 0.1) is 0 Å². The van der Waals surface area contributed by atoms with E-state index in [2.05, 4.69) is 23.7 Å². The zero-order chi connectivity index (χ0) is 16.7. The average molecular weight is 316 g/mol. The van der Waals surface area contributed by atoms with E-state index >= 15 is 0 Å². The number of ether oxygens (including phenoxy) is 2. The number of hydrogen-bond acceptors (Lipinski definition) is 5. The zero-order valence-corrected chi connectivity index (χ0v) is 14.0. The lowest BCUT2D eigenvalue weighted by atomic mass is 10.1. The summed E-state index contributed by atoms with van der Waals surface area (Å²) in [6.07, 6.45) is 0. The van der Waals surface area contributed by atoms with Gasteiger partial charge in [-0.2, -0.15) is 0 Å². The van der Waals surface area contributed by atoms with Crippen LogP contribution in [0.25, 0.3) is 10.9 Å². The van der Waals surface area contributed by atoms with Gasteiger partial charge in [0.25, 0.3) is 0 Å². The van der Waals surface area contributed by atoms with Crippen molar-refractivity contribution in [1.82, 2.24) is 9.88 Å². The Bertz CT molecular complexity index is 654. The molecule has 0 aliphatic rings. The van der Waals surface area contributed by atoms with Gasteiger partial charge in [0, 0.05) is 18.0 Å². The third-order valence-corrected chi connectivity index (χ3v) is 3.74. The van der Waals surface area contributed by atoms with Crippen LogP contribution in [0.15, 0.2) is 30.3 Å². The van der Waals surface area contributed by atoms with E-state index in [-0.39, 0.29) is 5.97 Å². The molecule has 0 amide bonds. The first-order valence-electron chi connectivity index (χ1n) is 8.11. The maximum absolute atomic E-state index is 12.4. The highest BCUT2D eigenvalue weighted by molar-refractivity contribution is 6.03. The molecule has 1 heterocycles. The highest BCUT2D eigenvalue weighted by Crippen LogP contribution is 2.22. The van der Waals surface area contributed by atoms with E-state index in [1.165, 1.54) is 0 Å². The molecule has 23 heavy (non-hydrogen) atoms. The number of carbonyl (C=O) groups is 1.